The molecular weight excluding hydrogens is 448 g/mol. The van der Waals surface area contributed by atoms with Crippen LogP contribution in [0.2, 0.25) is 0 Å². The number of thiophene rings is 1. The molecule has 1 amide bonds. The van der Waals surface area contributed by atoms with Gasteiger partial charge in [0.15, 0.2) is 5.65 Å². The minimum absolute atomic E-state index is 0.118. The van der Waals surface area contributed by atoms with Gasteiger partial charge in [-0.15, -0.1) is 11.3 Å². The zero-order valence-electron chi connectivity index (χ0n) is 18.6. The lowest BCUT2D eigenvalue weighted by molar-refractivity contribution is 0.242. The summed E-state index contributed by atoms with van der Waals surface area (Å²) in [5.41, 5.74) is 4.45. The summed E-state index contributed by atoms with van der Waals surface area (Å²) in [7, 11) is 0. The lowest BCUT2D eigenvalue weighted by atomic mass is 10.1. The molecule has 34 heavy (non-hydrogen) atoms. The molecule has 8 nitrogen and oxygen atoms in total. The number of hydrogen-bond acceptors (Lipinski definition) is 6. The van der Waals surface area contributed by atoms with Crippen molar-refractivity contribution in [2.75, 3.05) is 5.32 Å². The molecule has 1 aromatic carbocycles. The van der Waals surface area contributed by atoms with E-state index in [1.165, 1.54) is 15.8 Å². The molecule has 0 aliphatic rings. The molecule has 9 heteroatoms. The molecule has 3 N–H and O–H groups in total. The van der Waals surface area contributed by atoms with Crippen LogP contribution in [0.5, 0.6) is 0 Å². The fourth-order valence-corrected chi connectivity index (χ4v) is 4.60. The third-order valence-electron chi connectivity index (χ3n) is 5.56. The van der Waals surface area contributed by atoms with Crippen LogP contribution in [0.15, 0.2) is 71.2 Å². The fourth-order valence-electron chi connectivity index (χ4n) is 3.86. The molecule has 0 radical (unpaired) electrons. The number of hydrogen-bond donors (Lipinski definition) is 3. The Labute approximate surface area is 199 Å². The number of anilines is 2. The van der Waals surface area contributed by atoms with Crippen molar-refractivity contribution in [3.63, 3.8) is 0 Å². The summed E-state index contributed by atoms with van der Waals surface area (Å²) in [4.78, 5) is 37.7. The van der Waals surface area contributed by atoms with E-state index in [1.807, 2.05) is 38.1 Å². The number of aromatic amines is 1. The maximum Gasteiger partial charge on any atom is 0.327 e. The first kappa shape index (κ1) is 21.6. The van der Waals surface area contributed by atoms with Crippen LogP contribution >= 0.6 is 11.3 Å². The fraction of sp³-hybridized carbons (Fsp3) is 0.120. The first-order valence-electron chi connectivity index (χ1n) is 10.7. The summed E-state index contributed by atoms with van der Waals surface area (Å²) < 4.78 is 1.42. The number of nitrogens with one attached hydrogen (secondary N) is 3. The number of amides is 1. The van der Waals surface area contributed by atoms with Crippen molar-refractivity contribution in [1.29, 1.82) is 0 Å². The average molecular weight is 471 g/mol. The number of fused-ring (bicyclic) bond motifs is 1. The Morgan fingerprint density at radius 2 is 1.94 bits per heavy atom. The minimum Gasteiger partial charge on any atom is -0.340 e. The molecule has 0 atom stereocenters. The summed E-state index contributed by atoms with van der Waals surface area (Å²) in [6, 6.07) is 15.5. The van der Waals surface area contributed by atoms with E-state index in [9.17, 15) is 9.59 Å². The number of aryl methyl sites for hydroxylation is 2. The first-order chi connectivity index (χ1) is 16.5. The van der Waals surface area contributed by atoms with E-state index in [1.54, 1.807) is 23.6 Å². The highest BCUT2D eigenvalue weighted by atomic mass is 32.1. The molecule has 5 aromatic rings. The summed E-state index contributed by atoms with van der Waals surface area (Å²) in [5.74, 6) is 0.603. The topological polar surface area (TPSA) is 105 Å². The van der Waals surface area contributed by atoms with Crippen molar-refractivity contribution >= 4 is 39.9 Å². The lowest BCUT2D eigenvalue weighted by Gasteiger charge is -2.10. The summed E-state index contributed by atoms with van der Waals surface area (Å²) in [5, 5.41) is 8.89. The highest BCUT2D eigenvalue weighted by molar-refractivity contribution is 7.13. The molecule has 0 spiro atoms. The zero-order chi connectivity index (χ0) is 23.7. The Hall–Kier alpha value is -4.24. The number of H-pyrrole nitrogens is 1. The highest BCUT2D eigenvalue weighted by Crippen LogP contribution is 2.28. The molecule has 0 fully saturated rings. The molecular formula is C25H22N6O2S. The zero-order valence-corrected chi connectivity index (χ0v) is 19.4. The van der Waals surface area contributed by atoms with Gasteiger partial charge in [-0.3, -0.25) is 9.36 Å². The molecule has 4 heterocycles. The van der Waals surface area contributed by atoms with Crippen LogP contribution in [-0.4, -0.2) is 25.6 Å². The van der Waals surface area contributed by atoms with E-state index in [0.717, 1.165) is 22.5 Å². The summed E-state index contributed by atoms with van der Waals surface area (Å²) >= 11 is 1.70. The summed E-state index contributed by atoms with van der Waals surface area (Å²) in [6.45, 7) is 3.80. The van der Waals surface area contributed by atoms with E-state index in [2.05, 4.69) is 49.2 Å². The van der Waals surface area contributed by atoms with Crippen molar-refractivity contribution in [2.45, 2.75) is 20.4 Å². The molecule has 0 unspecified atom stereocenters. The molecule has 0 aliphatic carbocycles. The van der Waals surface area contributed by atoms with Gasteiger partial charge in [-0.25, -0.2) is 14.8 Å². The van der Waals surface area contributed by atoms with Crippen molar-refractivity contribution in [3.8, 4) is 10.4 Å². The van der Waals surface area contributed by atoms with Gasteiger partial charge in [-0.1, -0.05) is 18.2 Å². The predicted molar refractivity (Wildman–Crippen MR) is 135 cm³/mol. The van der Waals surface area contributed by atoms with Crippen molar-refractivity contribution in [2.24, 2.45) is 0 Å². The van der Waals surface area contributed by atoms with E-state index in [0.29, 0.717) is 22.4 Å². The Bertz CT molecular complexity index is 1530. The van der Waals surface area contributed by atoms with Gasteiger partial charge in [0.25, 0.3) is 5.56 Å². The average Bonchev–Trinajstić information content (AvgIpc) is 3.50. The third-order valence-corrected chi connectivity index (χ3v) is 6.48. The maximum absolute atomic E-state index is 12.9. The maximum atomic E-state index is 12.9. The number of aromatic nitrogens is 4. The van der Waals surface area contributed by atoms with E-state index >= 15 is 0 Å². The van der Waals surface area contributed by atoms with E-state index < -0.39 is 0 Å². The number of rotatable bonds is 5. The number of carbonyl (C=O) groups excluding carboxylic acids is 1. The second kappa shape index (κ2) is 8.95. The Balaban J connectivity index is 1.35. The predicted octanol–water partition coefficient (Wildman–Crippen LogP) is 4.97. The number of pyridine rings is 1. The van der Waals surface area contributed by atoms with Gasteiger partial charge in [0.05, 0.1) is 11.9 Å². The van der Waals surface area contributed by atoms with Crippen LogP contribution in [-0.2, 0) is 6.54 Å². The van der Waals surface area contributed by atoms with Crippen molar-refractivity contribution in [3.05, 3.63) is 93.6 Å². The molecule has 5 rings (SSSR count). The van der Waals surface area contributed by atoms with Gasteiger partial charge in [-0.2, -0.15) is 0 Å². The molecule has 4 aromatic heterocycles. The van der Waals surface area contributed by atoms with E-state index in [-0.39, 0.29) is 18.1 Å². The van der Waals surface area contributed by atoms with Crippen LogP contribution in [0.1, 0.15) is 16.8 Å². The number of nitrogens with zero attached hydrogens (tertiary/aromatic N) is 3. The van der Waals surface area contributed by atoms with Gasteiger partial charge in [-0.05, 0) is 60.7 Å². The monoisotopic (exact) mass is 470 g/mol. The van der Waals surface area contributed by atoms with Crippen LogP contribution in [0.25, 0.3) is 21.5 Å². The van der Waals surface area contributed by atoms with Crippen LogP contribution in [0.3, 0.4) is 0 Å². The molecule has 170 valence electrons. The normalized spacial score (nSPS) is 11.0. The van der Waals surface area contributed by atoms with E-state index in [4.69, 9.17) is 0 Å². The minimum atomic E-state index is -0.376. The molecule has 0 saturated carbocycles. The van der Waals surface area contributed by atoms with Crippen molar-refractivity contribution < 1.29 is 4.79 Å². The number of benzene rings is 1. The summed E-state index contributed by atoms with van der Waals surface area (Å²) in [6.07, 6.45) is 3.06. The second-order valence-electron chi connectivity index (χ2n) is 7.93. The van der Waals surface area contributed by atoms with Gasteiger partial charge in [0.2, 0.25) is 0 Å². The number of carbonyl (C=O) groups is 1. The Morgan fingerprint density at radius 3 is 2.68 bits per heavy atom. The first-order valence-corrected chi connectivity index (χ1v) is 11.6. The molecule has 0 bridgehead atoms. The Kier molecular flexibility index (Phi) is 5.69. The lowest BCUT2D eigenvalue weighted by Crippen LogP contribution is -2.31. The van der Waals surface area contributed by atoms with Crippen LogP contribution in [0.4, 0.5) is 16.3 Å². The Morgan fingerprint density at radius 1 is 1.12 bits per heavy atom. The van der Waals surface area contributed by atoms with Crippen LogP contribution < -0.4 is 16.2 Å². The largest absolute Gasteiger partial charge is 0.340 e. The van der Waals surface area contributed by atoms with Crippen LogP contribution in [0, 0.1) is 13.8 Å². The van der Waals surface area contributed by atoms with Crippen molar-refractivity contribution in [1.82, 2.24) is 24.8 Å². The second-order valence-corrected chi connectivity index (χ2v) is 8.87. The van der Waals surface area contributed by atoms with Gasteiger partial charge >= 0.3 is 6.03 Å². The third kappa shape index (κ3) is 4.20. The standard InChI is InChI=1S/C25H22N6O2S/c1-15-12-16(2)29-24(32)20(15)13-26-25(33)31-10-9-19-22(27-14-28-23(19)31)30-18-7-5-17(6-8-18)21-4-3-11-34-21/h3-12,14H,13H2,1-2H3,(H,26,33)(H,29,32)(H,27,28,30). The van der Waals surface area contributed by atoms with Gasteiger partial charge in [0.1, 0.15) is 12.1 Å². The quantitative estimate of drug-likeness (QED) is 0.337. The van der Waals surface area contributed by atoms with Gasteiger partial charge < -0.3 is 15.6 Å². The smallest absolute Gasteiger partial charge is 0.327 e. The highest BCUT2D eigenvalue weighted by Gasteiger charge is 2.15. The molecule has 0 aliphatic heterocycles. The molecule has 0 saturated heterocycles. The SMILES string of the molecule is Cc1cc(C)c(CNC(=O)n2ccc3c(Nc4ccc(-c5cccs5)cc4)ncnc32)c(=O)[nH]1. The van der Waals surface area contributed by atoms with Gasteiger partial charge in [0, 0.05) is 28.0 Å².